The average molecular weight is 403 g/mol. The molecule has 0 radical (unpaired) electrons. The Morgan fingerprint density at radius 3 is 2.52 bits per heavy atom. The minimum atomic E-state index is -1.20. The van der Waals surface area contributed by atoms with Gasteiger partial charge in [0.1, 0.15) is 11.4 Å². The van der Waals surface area contributed by atoms with Crippen molar-refractivity contribution in [1.29, 1.82) is 0 Å². The van der Waals surface area contributed by atoms with Crippen LogP contribution in [-0.4, -0.2) is 42.1 Å². The lowest BCUT2D eigenvalue weighted by atomic mass is 9.64. The normalized spacial score (nSPS) is 24.6. The molecule has 1 aliphatic heterocycles. The lowest BCUT2D eigenvalue weighted by Crippen LogP contribution is -2.52. The smallest absolute Gasteiger partial charge is 0.331 e. The number of carbonyl (C=O) groups excluding carboxylic acids is 1. The first-order valence-electron chi connectivity index (χ1n) is 10.2. The maximum Gasteiger partial charge on any atom is 0.331 e. The fraction of sp³-hybridized carbons (Fsp3) is 0.565. The highest BCUT2D eigenvalue weighted by atomic mass is 19.1. The average Bonchev–Trinajstić information content (AvgIpc) is 2.86. The molecule has 0 bridgehead atoms. The molecule has 29 heavy (non-hydrogen) atoms. The van der Waals surface area contributed by atoms with Crippen molar-refractivity contribution in [2.75, 3.05) is 20.1 Å². The summed E-state index contributed by atoms with van der Waals surface area (Å²) < 4.78 is 20.5. The standard InChI is InChI=1S/C23H30FNO4/c1-5-15-12-18(24)13-16-14-22(2,3)23(21(15)16,17-8-10-25(4)11-9-17)29-20(28)7-6-19(26)27/h6-7,12-13,17H,5,8-11,14H2,1-4H3,(H,26,27). The molecule has 0 saturated carbocycles. The lowest BCUT2D eigenvalue weighted by molar-refractivity contribution is -0.186. The van der Waals surface area contributed by atoms with Gasteiger partial charge in [-0.05, 0) is 69.1 Å². The Labute approximate surface area is 171 Å². The second-order valence-electron chi connectivity index (χ2n) is 8.92. The minimum Gasteiger partial charge on any atom is -0.478 e. The van der Waals surface area contributed by atoms with Crippen LogP contribution < -0.4 is 0 Å². The van der Waals surface area contributed by atoms with E-state index >= 15 is 0 Å². The van der Waals surface area contributed by atoms with E-state index < -0.39 is 23.0 Å². The summed E-state index contributed by atoms with van der Waals surface area (Å²) in [5.41, 5.74) is 1.32. The summed E-state index contributed by atoms with van der Waals surface area (Å²) in [6.07, 6.45) is 4.73. The number of benzene rings is 1. The second-order valence-corrected chi connectivity index (χ2v) is 8.92. The van der Waals surface area contributed by atoms with Gasteiger partial charge in [0.2, 0.25) is 0 Å². The van der Waals surface area contributed by atoms with E-state index in [4.69, 9.17) is 9.84 Å². The van der Waals surface area contributed by atoms with Crippen molar-refractivity contribution in [3.05, 3.63) is 46.8 Å². The van der Waals surface area contributed by atoms with E-state index in [1.54, 1.807) is 12.1 Å². The molecule has 1 atom stereocenters. The van der Waals surface area contributed by atoms with Crippen LogP contribution >= 0.6 is 0 Å². The van der Waals surface area contributed by atoms with Gasteiger partial charge in [-0.3, -0.25) is 0 Å². The van der Waals surface area contributed by atoms with E-state index in [9.17, 15) is 14.0 Å². The van der Waals surface area contributed by atoms with Gasteiger partial charge in [0.05, 0.1) is 0 Å². The molecule has 0 spiro atoms. The summed E-state index contributed by atoms with van der Waals surface area (Å²) in [6.45, 7) is 7.89. The monoisotopic (exact) mass is 403 g/mol. The molecular weight excluding hydrogens is 373 g/mol. The van der Waals surface area contributed by atoms with Gasteiger partial charge >= 0.3 is 11.9 Å². The van der Waals surface area contributed by atoms with Crippen LogP contribution in [0.4, 0.5) is 4.39 Å². The minimum absolute atomic E-state index is 0.0767. The first-order chi connectivity index (χ1) is 13.6. The highest BCUT2D eigenvalue weighted by Gasteiger charge is 2.60. The molecule has 1 N–H and O–H groups in total. The van der Waals surface area contributed by atoms with Gasteiger partial charge in [-0.1, -0.05) is 20.8 Å². The maximum absolute atomic E-state index is 14.3. The molecule has 6 heteroatoms. The van der Waals surface area contributed by atoms with Crippen molar-refractivity contribution in [2.24, 2.45) is 11.3 Å². The Bertz CT molecular complexity index is 840. The third kappa shape index (κ3) is 3.82. The Morgan fingerprint density at radius 2 is 1.93 bits per heavy atom. The second kappa shape index (κ2) is 7.90. The van der Waals surface area contributed by atoms with E-state index in [-0.39, 0.29) is 11.7 Å². The van der Waals surface area contributed by atoms with Crippen LogP contribution in [0.3, 0.4) is 0 Å². The zero-order chi connectivity index (χ0) is 21.4. The summed E-state index contributed by atoms with van der Waals surface area (Å²) in [7, 11) is 2.07. The molecule has 1 saturated heterocycles. The third-order valence-corrected chi connectivity index (χ3v) is 6.57. The summed E-state index contributed by atoms with van der Waals surface area (Å²) in [4.78, 5) is 25.9. The molecule has 2 aliphatic rings. The number of nitrogens with zero attached hydrogens (tertiary/aromatic N) is 1. The summed E-state index contributed by atoms with van der Waals surface area (Å²) >= 11 is 0. The number of fused-ring (bicyclic) bond motifs is 1. The summed E-state index contributed by atoms with van der Waals surface area (Å²) in [5, 5.41) is 8.90. The fourth-order valence-electron chi connectivity index (χ4n) is 5.34. The molecular formula is C23H30FNO4. The van der Waals surface area contributed by atoms with Crippen molar-refractivity contribution in [3.8, 4) is 0 Å². The van der Waals surface area contributed by atoms with E-state index in [0.29, 0.717) is 12.8 Å². The van der Waals surface area contributed by atoms with Crippen molar-refractivity contribution in [1.82, 2.24) is 4.90 Å². The number of carbonyl (C=O) groups is 2. The predicted molar refractivity (Wildman–Crippen MR) is 108 cm³/mol. The van der Waals surface area contributed by atoms with Gasteiger partial charge in [-0.2, -0.15) is 0 Å². The molecule has 1 aromatic rings. The number of halogens is 1. The highest BCUT2D eigenvalue weighted by molar-refractivity contribution is 5.91. The van der Waals surface area contributed by atoms with Crippen LogP contribution in [0, 0.1) is 17.2 Å². The molecule has 3 rings (SSSR count). The molecule has 1 heterocycles. The largest absolute Gasteiger partial charge is 0.478 e. The van der Waals surface area contributed by atoms with Gasteiger partial charge in [-0.15, -0.1) is 0 Å². The number of rotatable bonds is 5. The Balaban J connectivity index is 2.17. The molecule has 1 aliphatic carbocycles. The van der Waals surface area contributed by atoms with E-state index in [0.717, 1.165) is 54.8 Å². The first kappa shape index (κ1) is 21.5. The number of hydrogen-bond acceptors (Lipinski definition) is 4. The topological polar surface area (TPSA) is 66.8 Å². The van der Waals surface area contributed by atoms with Crippen molar-refractivity contribution >= 4 is 11.9 Å². The Morgan fingerprint density at radius 1 is 1.28 bits per heavy atom. The zero-order valence-corrected chi connectivity index (χ0v) is 17.6. The predicted octanol–water partition coefficient (Wildman–Crippen LogP) is 3.69. The van der Waals surface area contributed by atoms with Crippen LogP contribution in [0.2, 0.25) is 0 Å². The van der Waals surface area contributed by atoms with Gasteiger partial charge in [0.15, 0.2) is 0 Å². The highest BCUT2D eigenvalue weighted by Crippen LogP contribution is 2.59. The number of piperidine rings is 1. The number of carboxylic acid groups (broad SMARTS) is 1. The number of aliphatic carboxylic acids is 1. The van der Waals surface area contributed by atoms with Gasteiger partial charge in [0, 0.05) is 29.0 Å². The quantitative estimate of drug-likeness (QED) is 0.600. The number of ether oxygens (including phenoxy) is 1. The number of aryl methyl sites for hydroxylation is 1. The Kier molecular flexibility index (Phi) is 5.86. The molecule has 1 unspecified atom stereocenters. The van der Waals surface area contributed by atoms with Crippen molar-refractivity contribution in [3.63, 3.8) is 0 Å². The number of likely N-dealkylation sites (tertiary alicyclic amines) is 1. The summed E-state index contributed by atoms with van der Waals surface area (Å²) in [5.74, 6) is -2.06. The van der Waals surface area contributed by atoms with Crippen molar-refractivity contribution in [2.45, 2.75) is 52.1 Å². The molecule has 5 nitrogen and oxygen atoms in total. The molecule has 1 aromatic carbocycles. The third-order valence-electron chi connectivity index (χ3n) is 6.57. The number of esters is 1. The van der Waals surface area contributed by atoms with Gasteiger partial charge < -0.3 is 14.7 Å². The summed E-state index contributed by atoms with van der Waals surface area (Å²) in [6, 6.07) is 3.11. The number of hydrogen-bond donors (Lipinski definition) is 1. The zero-order valence-electron chi connectivity index (χ0n) is 17.6. The van der Waals surface area contributed by atoms with Crippen LogP contribution in [0.15, 0.2) is 24.3 Å². The van der Waals surface area contributed by atoms with E-state index in [1.807, 2.05) is 6.92 Å². The van der Waals surface area contributed by atoms with Crippen molar-refractivity contribution < 1.29 is 23.8 Å². The maximum atomic E-state index is 14.3. The van der Waals surface area contributed by atoms with Gasteiger partial charge in [-0.25, -0.2) is 14.0 Å². The SMILES string of the molecule is CCc1cc(F)cc2c1C(OC(=O)C=CC(=O)O)(C1CCN(C)CC1)C(C)(C)C2. The molecule has 1 fully saturated rings. The van der Waals surface area contributed by atoms with Gasteiger partial charge in [0.25, 0.3) is 0 Å². The molecule has 0 aromatic heterocycles. The van der Waals surface area contributed by atoms with E-state index in [2.05, 4.69) is 25.8 Å². The van der Waals surface area contributed by atoms with Crippen LogP contribution in [0.1, 0.15) is 50.3 Å². The van der Waals surface area contributed by atoms with E-state index in [1.165, 1.54) is 0 Å². The van der Waals surface area contributed by atoms with Crippen LogP contribution in [-0.2, 0) is 32.8 Å². The lowest BCUT2D eigenvalue weighted by Gasteiger charge is -2.49. The molecule has 0 amide bonds. The number of carboxylic acids is 1. The van der Waals surface area contributed by atoms with Crippen LogP contribution in [0.5, 0.6) is 0 Å². The Hall–Kier alpha value is -2.21. The molecule has 158 valence electrons. The first-order valence-corrected chi connectivity index (χ1v) is 10.2. The fourth-order valence-corrected chi connectivity index (χ4v) is 5.34. The van der Waals surface area contributed by atoms with Crippen LogP contribution in [0.25, 0.3) is 0 Å².